The number of halogens is 3. The molecule has 0 aliphatic carbocycles. The van der Waals surface area contributed by atoms with Crippen molar-refractivity contribution in [3.63, 3.8) is 0 Å². The Hall–Kier alpha value is -2.01. The second-order valence-electron chi connectivity index (χ2n) is 3.35. The zero-order valence-electron chi connectivity index (χ0n) is 8.86. The maximum atomic E-state index is 13.5. The predicted molar refractivity (Wildman–Crippen MR) is 61.1 cm³/mol. The van der Waals surface area contributed by atoms with Gasteiger partial charge in [-0.2, -0.15) is 0 Å². The average Bonchev–Trinajstić information content (AvgIpc) is 2.35. The summed E-state index contributed by atoms with van der Waals surface area (Å²) in [6.07, 6.45) is 1.58. The van der Waals surface area contributed by atoms with E-state index in [1.54, 1.807) is 0 Å². The van der Waals surface area contributed by atoms with Crippen LogP contribution in [0.15, 0.2) is 30.5 Å². The quantitative estimate of drug-likeness (QED) is 0.631. The van der Waals surface area contributed by atoms with Crippen LogP contribution in [0.25, 0.3) is 0 Å². The highest BCUT2D eigenvalue weighted by Gasteiger charge is 2.13. The number of hydrogen-bond donors (Lipinski definition) is 0. The average molecular weight is 270 g/mol. The highest BCUT2D eigenvalue weighted by molar-refractivity contribution is 6.29. The molecule has 0 saturated carbocycles. The standard InChI is InChI=1S/C12H6ClF2NO2/c13-11-2-1-8(5-16-11)18-12-9(14)3-7(6-17)4-10(12)15/h1-6H. The molecule has 0 amide bonds. The highest BCUT2D eigenvalue weighted by Crippen LogP contribution is 2.28. The minimum absolute atomic E-state index is 0.105. The largest absolute Gasteiger partial charge is 0.450 e. The first-order chi connectivity index (χ1) is 8.60. The number of ether oxygens (including phenoxy) is 1. The number of aldehydes is 1. The van der Waals surface area contributed by atoms with E-state index in [9.17, 15) is 13.6 Å². The minimum atomic E-state index is -0.966. The van der Waals surface area contributed by atoms with E-state index in [0.29, 0.717) is 6.29 Å². The van der Waals surface area contributed by atoms with Crippen molar-refractivity contribution in [2.75, 3.05) is 0 Å². The van der Waals surface area contributed by atoms with Crippen LogP contribution in [0.2, 0.25) is 5.15 Å². The van der Waals surface area contributed by atoms with Gasteiger partial charge in [-0.15, -0.1) is 0 Å². The van der Waals surface area contributed by atoms with Crippen LogP contribution in [-0.4, -0.2) is 11.3 Å². The molecule has 0 N–H and O–H groups in total. The van der Waals surface area contributed by atoms with Gasteiger partial charge in [0.15, 0.2) is 17.4 Å². The molecule has 3 nitrogen and oxygen atoms in total. The molecular formula is C12H6ClF2NO2. The van der Waals surface area contributed by atoms with Crippen LogP contribution < -0.4 is 4.74 Å². The van der Waals surface area contributed by atoms with Crippen LogP contribution in [0.5, 0.6) is 11.5 Å². The lowest BCUT2D eigenvalue weighted by atomic mass is 10.2. The summed E-state index contributed by atoms with van der Waals surface area (Å²) in [5.74, 6) is -2.39. The molecule has 6 heteroatoms. The van der Waals surface area contributed by atoms with Gasteiger partial charge in [0.05, 0.1) is 6.20 Å². The van der Waals surface area contributed by atoms with Gasteiger partial charge in [0, 0.05) is 5.56 Å². The van der Waals surface area contributed by atoms with E-state index >= 15 is 0 Å². The Morgan fingerprint density at radius 3 is 2.39 bits per heavy atom. The number of aromatic nitrogens is 1. The first kappa shape index (κ1) is 12.4. The van der Waals surface area contributed by atoms with Crippen LogP contribution >= 0.6 is 11.6 Å². The molecule has 1 aromatic carbocycles. The molecule has 0 saturated heterocycles. The molecule has 2 rings (SSSR count). The van der Waals surface area contributed by atoms with Crippen LogP contribution in [0.1, 0.15) is 10.4 Å². The first-order valence-corrected chi connectivity index (χ1v) is 5.21. The van der Waals surface area contributed by atoms with Gasteiger partial charge in [0.2, 0.25) is 0 Å². The lowest BCUT2D eigenvalue weighted by Crippen LogP contribution is -1.95. The number of carbonyl (C=O) groups is 1. The minimum Gasteiger partial charge on any atom is -0.450 e. The highest BCUT2D eigenvalue weighted by atomic mass is 35.5. The normalized spacial score (nSPS) is 10.2. The summed E-state index contributed by atoms with van der Waals surface area (Å²) >= 11 is 5.56. The summed E-state index contributed by atoms with van der Waals surface area (Å²) in [6, 6.07) is 4.61. The number of nitrogens with zero attached hydrogens (tertiary/aromatic N) is 1. The van der Waals surface area contributed by atoms with Crippen LogP contribution in [0, 0.1) is 11.6 Å². The molecular weight excluding hydrogens is 264 g/mol. The third kappa shape index (κ3) is 2.62. The zero-order chi connectivity index (χ0) is 13.1. The van der Waals surface area contributed by atoms with Gasteiger partial charge in [0.1, 0.15) is 17.2 Å². The lowest BCUT2D eigenvalue weighted by molar-refractivity contribution is 0.112. The van der Waals surface area contributed by atoms with Crippen LogP contribution in [0.4, 0.5) is 8.78 Å². The van der Waals surface area contributed by atoms with Crippen molar-refractivity contribution >= 4 is 17.9 Å². The summed E-state index contributed by atoms with van der Waals surface area (Å²) in [4.78, 5) is 14.1. The van der Waals surface area contributed by atoms with Crippen molar-refractivity contribution < 1.29 is 18.3 Å². The van der Waals surface area contributed by atoms with Gasteiger partial charge in [-0.25, -0.2) is 13.8 Å². The van der Waals surface area contributed by atoms with E-state index in [1.807, 2.05) is 0 Å². The van der Waals surface area contributed by atoms with Crippen molar-refractivity contribution in [3.8, 4) is 11.5 Å². The third-order valence-corrected chi connectivity index (χ3v) is 2.30. The Labute approximate surface area is 106 Å². The molecule has 0 bridgehead atoms. The van der Waals surface area contributed by atoms with Crippen molar-refractivity contribution in [1.82, 2.24) is 4.98 Å². The van der Waals surface area contributed by atoms with Gasteiger partial charge in [0.25, 0.3) is 0 Å². The maximum Gasteiger partial charge on any atom is 0.198 e. The lowest BCUT2D eigenvalue weighted by Gasteiger charge is -2.07. The molecule has 2 aromatic rings. The van der Waals surface area contributed by atoms with E-state index in [4.69, 9.17) is 16.3 Å². The van der Waals surface area contributed by atoms with E-state index in [1.165, 1.54) is 18.3 Å². The Morgan fingerprint density at radius 1 is 1.22 bits per heavy atom. The maximum absolute atomic E-state index is 13.5. The second kappa shape index (κ2) is 5.10. The topological polar surface area (TPSA) is 39.2 Å². The molecule has 0 unspecified atom stereocenters. The predicted octanol–water partition coefficient (Wildman–Crippen LogP) is 3.62. The van der Waals surface area contributed by atoms with Crippen LogP contribution in [-0.2, 0) is 0 Å². The molecule has 0 aliphatic heterocycles. The molecule has 0 atom stereocenters. The fourth-order valence-corrected chi connectivity index (χ4v) is 1.40. The molecule has 0 fully saturated rings. The van der Waals surface area contributed by atoms with E-state index in [-0.39, 0.29) is 16.5 Å². The zero-order valence-corrected chi connectivity index (χ0v) is 9.62. The van der Waals surface area contributed by atoms with Gasteiger partial charge in [-0.3, -0.25) is 4.79 Å². The van der Waals surface area contributed by atoms with Crippen molar-refractivity contribution in [3.05, 3.63) is 52.8 Å². The van der Waals surface area contributed by atoms with E-state index in [2.05, 4.69) is 4.98 Å². The number of carbonyl (C=O) groups excluding carboxylic acids is 1. The van der Waals surface area contributed by atoms with Crippen molar-refractivity contribution in [1.29, 1.82) is 0 Å². The van der Waals surface area contributed by atoms with Gasteiger partial charge in [-0.05, 0) is 24.3 Å². The Balaban J connectivity index is 2.34. The number of benzene rings is 1. The summed E-state index contributed by atoms with van der Waals surface area (Å²) < 4.78 is 32.0. The molecule has 0 spiro atoms. The number of hydrogen-bond acceptors (Lipinski definition) is 3. The molecule has 1 heterocycles. The molecule has 92 valence electrons. The fraction of sp³-hybridized carbons (Fsp3) is 0. The second-order valence-corrected chi connectivity index (χ2v) is 3.74. The summed E-state index contributed by atoms with van der Waals surface area (Å²) in [5.41, 5.74) is -0.105. The smallest absolute Gasteiger partial charge is 0.198 e. The molecule has 18 heavy (non-hydrogen) atoms. The summed E-state index contributed by atoms with van der Waals surface area (Å²) in [6.45, 7) is 0. The van der Waals surface area contributed by atoms with Gasteiger partial charge < -0.3 is 4.74 Å². The molecule has 1 aromatic heterocycles. The first-order valence-electron chi connectivity index (χ1n) is 4.84. The Kier molecular flexibility index (Phi) is 3.53. The Morgan fingerprint density at radius 2 is 1.89 bits per heavy atom. The van der Waals surface area contributed by atoms with Crippen molar-refractivity contribution in [2.45, 2.75) is 0 Å². The summed E-state index contributed by atoms with van der Waals surface area (Å²) in [7, 11) is 0. The monoisotopic (exact) mass is 269 g/mol. The van der Waals surface area contributed by atoms with E-state index in [0.717, 1.165) is 12.1 Å². The fourth-order valence-electron chi connectivity index (χ4n) is 1.29. The van der Waals surface area contributed by atoms with Gasteiger partial charge >= 0.3 is 0 Å². The number of pyridine rings is 1. The molecule has 0 radical (unpaired) electrons. The summed E-state index contributed by atoms with van der Waals surface area (Å²) in [5, 5.41) is 0.236. The SMILES string of the molecule is O=Cc1cc(F)c(Oc2ccc(Cl)nc2)c(F)c1. The third-order valence-electron chi connectivity index (χ3n) is 2.08. The number of rotatable bonds is 3. The van der Waals surface area contributed by atoms with E-state index < -0.39 is 17.4 Å². The van der Waals surface area contributed by atoms with Crippen LogP contribution in [0.3, 0.4) is 0 Å². The van der Waals surface area contributed by atoms with Gasteiger partial charge in [-0.1, -0.05) is 11.6 Å². The Bertz CT molecular complexity index is 564. The molecule has 0 aliphatic rings. The van der Waals surface area contributed by atoms with Crippen molar-refractivity contribution in [2.24, 2.45) is 0 Å².